The maximum atomic E-state index is 11.6. The highest BCUT2D eigenvalue weighted by Crippen LogP contribution is 2.36. The van der Waals surface area contributed by atoms with Crippen molar-refractivity contribution in [3.05, 3.63) is 28.3 Å². The maximum absolute atomic E-state index is 11.6. The third-order valence-electron chi connectivity index (χ3n) is 3.57. The Morgan fingerprint density at radius 3 is 2.19 bits per heavy atom. The summed E-state index contributed by atoms with van der Waals surface area (Å²) < 4.78 is 1.66. The van der Waals surface area contributed by atoms with Gasteiger partial charge in [-0.25, -0.2) is 14.6 Å². The van der Waals surface area contributed by atoms with E-state index < -0.39 is 11.9 Å². The van der Waals surface area contributed by atoms with Gasteiger partial charge in [0.1, 0.15) is 21.8 Å². The minimum absolute atomic E-state index is 0.169. The molecule has 0 saturated carbocycles. The highest BCUT2D eigenvalue weighted by Gasteiger charge is 2.31. The third-order valence-corrected chi connectivity index (χ3v) is 4.24. The summed E-state index contributed by atoms with van der Waals surface area (Å²) in [4.78, 5) is 27.7. The molecule has 0 aliphatic heterocycles. The molecule has 0 aliphatic carbocycles. The number of aromatic nitrogens is 2. The molecule has 3 heterocycles. The number of carbonyl (C=O) groups is 2. The molecule has 0 atom stereocenters. The lowest BCUT2D eigenvalue weighted by molar-refractivity contribution is 0.0655. The van der Waals surface area contributed by atoms with Crippen LogP contribution in [0.15, 0.2) is 11.1 Å². The van der Waals surface area contributed by atoms with Crippen molar-refractivity contribution in [3.8, 4) is 0 Å². The second-order valence-electron chi connectivity index (χ2n) is 4.85. The Labute approximate surface area is 123 Å². The molecule has 0 amide bonds. The SMILES string of the molecule is CSc1nc2c(C)cc(C)c3c(C(=O)O)c(C(=O)O)c1n23. The summed E-state index contributed by atoms with van der Waals surface area (Å²) in [5.41, 5.74) is 2.62. The highest BCUT2D eigenvalue weighted by atomic mass is 32.2. The zero-order valence-corrected chi connectivity index (χ0v) is 12.4. The minimum atomic E-state index is -1.25. The Hall–Kier alpha value is -2.28. The Balaban J connectivity index is 2.71. The van der Waals surface area contributed by atoms with Gasteiger partial charge in [-0.1, -0.05) is 6.07 Å². The molecule has 7 heteroatoms. The molecule has 3 aromatic heterocycles. The third kappa shape index (κ3) is 1.64. The summed E-state index contributed by atoms with van der Waals surface area (Å²) in [6, 6.07) is 1.83. The Bertz CT molecular complexity index is 913. The standard InChI is InChI=1S/C14H12N2O4S/c1-5-4-6(2)11-15-12(21-3)10-8(14(19)20)7(13(17)18)9(5)16(10)11/h4H,1-3H3,(H,17,18)(H,19,20). The molecule has 2 N–H and O–H groups in total. The molecule has 0 unspecified atom stereocenters. The molecule has 21 heavy (non-hydrogen) atoms. The van der Waals surface area contributed by atoms with Crippen LogP contribution >= 0.6 is 11.8 Å². The molecule has 0 radical (unpaired) electrons. The number of nitrogens with zero attached hydrogens (tertiary/aromatic N) is 2. The number of pyridine rings is 1. The predicted molar refractivity (Wildman–Crippen MR) is 79.1 cm³/mol. The van der Waals surface area contributed by atoms with Gasteiger partial charge in [0, 0.05) is 0 Å². The zero-order valence-electron chi connectivity index (χ0n) is 11.6. The fraction of sp³-hybridized carbons (Fsp3) is 0.214. The van der Waals surface area contributed by atoms with Gasteiger partial charge in [0.25, 0.3) is 0 Å². The van der Waals surface area contributed by atoms with Gasteiger partial charge in [-0.3, -0.25) is 4.40 Å². The van der Waals surface area contributed by atoms with Crippen molar-refractivity contribution in [2.75, 3.05) is 6.26 Å². The first-order valence-electron chi connectivity index (χ1n) is 6.16. The first kappa shape index (κ1) is 13.7. The van der Waals surface area contributed by atoms with E-state index in [-0.39, 0.29) is 11.1 Å². The Kier molecular flexibility index (Phi) is 2.84. The summed E-state index contributed by atoms with van der Waals surface area (Å²) in [5.74, 6) is -2.49. The second-order valence-corrected chi connectivity index (χ2v) is 5.64. The van der Waals surface area contributed by atoms with Crippen molar-refractivity contribution >= 4 is 40.4 Å². The minimum Gasteiger partial charge on any atom is -0.478 e. The monoisotopic (exact) mass is 304 g/mol. The quantitative estimate of drug-likeness (QED) is 0.723. The molecular formula is C14H12N2O4S. The first-order chi connectivity index (χ1) is 9.88. The van der Waals surface area contributed by atoms with Gasteiger partial charge in [-0.15, -0.1) is 11.8 Å². The van der Waals surface area contributed by atoms with Crippen LogP contribution in [-0.2, 0) is 0 Å². The van der Waals surface area contributed by atoms with Gasteiger partial charge in [0.15, 0.2) is 0 Å². The molecule has 0 aliphatic rings. The molecule has 0 fully saturated rings. The number of hydrogen-bond acceptors (Lipinski definition) is 4. The van der Waals surface area contributed by atoms with Gasteiger partial charge < -0.3 is 10.2 Å². The van der Waals surface area contributed by atoms with E-state index >= 15 is 0 Å². The van der Waals surface area contributed by atoms with E-state index in [0.717, 1.165) is 11.1 Å². The average Bonchev–Trinajstić information content (AvgIpc) is 2.92. The van der Waals surface area contributed by atoms with E-state index in [1.807, 2.05) is 13.0 Å². The highest BCUT2D eigenvalue weighted by molar-refractivity contribution is 7.98. The van der Waals surface area contributed by atoms with Crippen molar-refractivity contribution in [3.63, 3.8) is 0 Å². The van der Waals surface area contributed by atoms with Gasteiger partial charge in [0.2, 0.25) is 0 Å². The number of thioether (sulfide) groups is 1. The van der Waals surface area contributed by atoms with Gasteiger partial charge in [-0.2, -0.15) is 0 Å². The van der Waals surface area contributed by atoms with Crippen LogP contribution in [0.25, 0.3) is 16.7 Å². The van der Waals surface area contributed by atoms with E-state index in [4.69, 9.17) is 0 Å². The van der Waals surface area contributed by atoms with Crippen LogP contribution in [0.1, 0.15) is 31.8 Å². The second kappa shape index (κ2) is 4.36. The van der Waals surface area contributed by atoms with Crippen LogP contribution < -0.4 is 0 Å². The predicted octanol–water partition coefficient (Wildman–Crippen LogP) is 2.66. The van der Waals surface area contributed by atoms with Crippen LogP contribution in [0.3, 0.4) is 0 Å². The Morgan fingerprint density at radius 2 is 1.67 bits per heavy atom. The van der Waals surface area contributed by atoms with Gasteiger partial charge in [0.05, 0.1) is 11.0 Å². The normalized spacial score (nSPS) is 11.6. The van der Waals surface area contributed by atoms with Crippen LogP contribution in [0.2, 0.25) is 0 Å². The number of aromatic carboxylic acids is 2. The van der Waals surface area contributed by atoms with E-state index in [0.29, 0.717) is 21.7 Å². The lowest BCUT2D eigenvalue weighted by atomic mass is 10.1. The first-order valence-corrected chi connectivity index (χ1v) is 7.39. The lowest BCUT2D eigenvalue weighted by Gasteiger charge is -2.04. The van der Waals surface area contributed by atoms with Gasteiger partial charge in [-0.05, 0) is 31.2 Å². The van der Waals surface area contributed by atoms with Crippen molar-refractivity contribution < 1.29 is 19.8 Å². The summed E-state index contributed by atoms with van der Waals surface area (Å²) in [5, 5.41) is 19.5. The van der Waals surface area contributed by atoms with E-state index in [2.05, 4.69) is 4.98 Å². The fourth-order valence-corrected chi connectivity index (χ4v) is 3.40. The van der Waals surface area contributed by atoms with Crippen molar-refractivity contribution in [1.82, 2.24) is 9.38 Å². The molecule has 3 aromatic rings. The molecule has 0 spiro atoms. The number of imidazole rings is 1. The zero-order chi connectivity index (χ0) is 15.5. The summed E-state index contributed by atoms with van der Waals surface area (Å²) in [7, 11) is 0. The molecule has 0 aromatic carbocycles. The molecule has 0 bridgehead atoms. The number of carboxylic acid groups (broad SMARTS) is 2. The van der Waals surface area contributed by atoms with Crippen molar-refractivity contribution in [2.45, 2.75) is 18.9 Å². The topological polar surface area (TPSA) is 91.9 Å². The number of hydrogen-bond donors (Lipinski definition) is 2. The van der Waals surface area contributed by atoms with Crippen LogP contribution in [0.4, 0.5) is 0 Å². The van der Waals surface area contributed by atoms with E-state index in [9.17, 15) is 19.8 Å². The van der Waals surface area contributed by atoms with Crippen LogP contribution in [-0.4, -0.2) is 37.8 Å². The maximum Gasteiger partial charge on any atom is 0.338 e. The van der Waals surface area contributed by atoms with Gasteiger partial charge >= 0.3 is 11.9 Å². The van der Waals surface area contributed by atoms with E-state index in [1.165, 1.54) is 11.8 Å². The molecule has 6 nitrogen and oxygen atoms in total. The van der Waals surface area contributed by atoms with Crippen molar-refractivity contribution in [1.29, 1.82) is 0 Å². The lowest BCUT2D eigenvalue weighted by Crippen LogP contribution is -2.06. The molecule has 108 valence electrons. The molecular weight excluding hydrogens is 292 g/mol. The number of carboxylic acids is 2. The average molecular weight is 304 g/mol. The molecule has 3 rings (SSSR count). The van der Waals surface area contributed by atoms with Crippen LogP contribution in [0.5, 0.6) is 0 Å². The van der Waals surface area contributed by atoms with E-state index in [1.54, 1.807) is 17.6 Å². The summed E-state index contributed by atoms with van der Waals surface area (Å²) >= 11 is 1.31. The van der Waals surface area contributed by atoms with Crippen molar-refractivity contribution in [2.24, 2.45) is 0 Å². The smallest absolute Gasteiger partial charge is 0.338 e. The largest absolute Gasteiger partial charge is 0.478 e. The number of aryl methyl sites for hydroxylation is 2. The summed E-state index contributed by atoms with van der Waals surface area (Å²) in [6.45, 7) is 3.65. The van der Waals surface area contributed by atoms with Crippen LogP contribution in [0, 0.1) is 13.8 Å². The molecule has 0 saturated heterocycles. The Morgan fingerprint density at radius 1 is 1.10 bits per heavy atom. The number of rotatable bonds is 3. The fourth-order valence-electron chi connectivity index (χ4n) is 2.84. The summed E-state index contributed by atoms with van der Waals surface area (Å²) in [6.07, 6.45) is 1.79.